The van der Waals surface area contributed by atoms with E-state index in [-0.39, 0.29) is 6.10 Å². The molecule has 1 rings (SSSR count). The maximum atomic E-state index is 5.74. The molecule has 0 heterocycles. The van der Waals surface area contributed by atoms with E-state index in [1.54, 1.807) is 0 Å². The molecule has 1 atom stereocenters. The Kier molecular flexibility index (Phi) is 4.41. The van der Waals surface area contributed by atoms with Crippen LogP contribution < -0.4 is 0 Å². The van der Waals surface area contributed by atoms with E-state index < -0.39 is 0 Å². The third-order valence-corrected chi connectivity index (χ3v) is 2.21. The summed E-state index contributed by atoms with van der Waals surface area (Å²) in [5, 5.41) is 0. The SMILES string of the molecule is C=C(C)[C@H](CC)OCc1ccccc1. The van der Waals surface area contributed by atoms with Crippen LogP contribution >= 0.6 is 0 Å². The highest BCUT2D eigenvalue weighted by Gasteiger charge is 2.06. The zero-order valence-electron chi connectivity index (χ0n) is 8.99. The first-order chi connectivity index (χ1) is 6.74. The summed E-state index contributed by atoms with van der Waals surface area (Å²) in [5.41, 5.74) is 2.32. The van der Waals surface area contributed by atoms with Crippen LogP contribution in [0.4, 0.5) is 0 Å². The summed E-state index contributed by atoms with van der Waals surface area (Å²) in [6.45, 7) is 8.71. The first-order valence-corrected chi connectivity index (χ1v) is 5.05. The van der Waals surface area contributed by atoms with Gasteiger partial charge in [0.2, 0.25) is 0 Å². The van der Waals surface area contributed by atoms with Gasteiger partial charge in [0, 0.05) is 0 Å². The fourth-order valence-electron chi connectivity index (χ4n) is 1.38. The molecular formula is C13H18O. The van der Waals surface area contributed by atoms with Gasteiger partial charge in [0.25, 0.3) is 0 Å². The largest absolute Gasteiger partial charge is 0.369 e. The second-order valence-electron chi connectivity index (χ2n) is 3.54. The van der Waals surface area contributed by atoms with Gasteiger partial charge in [-0.05, 0) is 18.9 Å². The molecule has 0 aliphatic rings. The predicted octanol–water partition coefficient (Wildman–Crippen LogP) is 3.56. The van der Waals surface area contributed by atoms with E-state index >= 15 is 0 Å². The molecule has 1 aromatic carbocycles. The maximum absolute atomic E-state index is 5.74. The normalized spacial score (nSPS) is 12.4. The van der Waals surface area contributed by atoms with Crippen LogP contribution in [0.5, 0.6) is 0 Å². The molecule has 0 N–H and O–H groups in total. The lowest BCUT2D eigenvalue weighted by atomic mass is 10.1. The van der Waals surface area contributed by atoms with Crippen LogP contribution in [0.25, 0.3) is 0 Å². The van der Waals surface area contributed by atoms with Crippen molar-refractivity contribution in [3.05, 3.63) is 48.0 Å². The van der Waals surface area contributed by atoms with Gasteiger partial charge in [-0.1, -0.05) is 49.4 Å². The van der Waals surface area contributed by atoms with Crippen molar-refractivity contribution in [3.63, 3.8) is 0 Å². The highest BCUT2D eigenvalue weighted by molar-refractivity contribution is 5.13. The van der Waals surface area contributed by atoms with Gasteiger partial charge in [-0.25, -0.2) is 0 Å². The van der Waals surface area contributed by atoms with Crippen molar-refractivity contribution in [1.29, 1.82) is 0 Å². The van der Waals surface area contributed by atoms with Gasteiger partial charge >= 0.3 is 0 Å². The highest BCUT2D eigenvalue weighted by Crippen LogP contribution is 2.11. The van der Waals surface area contributed by atoms with Gasteiger partial charge < -0.3 is 4.74 Å². The smallest absolute Gasteiger partial charge is 0.0781 e. The second-order valence-corrected chi connectivity index (χ2v) is 3.54. The molecule has 0 saturated heterocycles. The van der Waals surface area contributed by atoms with Crippen molar-refractivity contribution >= 4 is 0 Å². The molecule has 1 aromatic rings. The van der Waals surface area contributed by atoms with Gasteiger partial charge in [-0.15, -0.1) is 0 Å². The van der Waals surface area contributed by atoms with Crippen molar-refractivity contribution in [2.45, 2.75) is 33.0 Å². The van der Waals surface area contributed by atoms with Crippen molar-refractivity contribution in [2.24, 2.45) is 0 Å². The fourth-order valence-corrected chi connectivity index (χ4v) is 1.38. The number of ether oxygens (including phenoxy) is 1. The van der Waals surface area contributed by atoms with Gasteiger partial charge in [0.15, 0.2) is 0 Å². The first-order valence-electron chi connectivity index (χ1n) is 5.05. The Morgan fingerprint density at radius 1 is 1.36 bits per heavy atom. The van der Waals surface area contributed by atoms with E-state index in [0.29, 0.717) is 6.61 Å². The van der Waals surface area contributed by atoms with Crippen LogP contribution in [0.2, 0.25) is 0 Å². The average Bonchev–Trinajstić information content (AvgIpc) is 2.20. The molecule has 14 heavy (non-hydrogen) atoms. The molecule has 76 valence electrons. The molecule has 0 bridgehead atoms. The van der Waals surface area contributed by atoms with Crippen LogP contribution in [-0.4, -0.2) is 6.10 Å². The highest BCUT2D eigenvalue weighted by atomic mass is 16.5. The van der Waals surface area contributed by atoms with Gasteiger partial charge in [-0.3, -0.25) is 0 Å². The summed E-state index contributed by atoms with van der Waals surface area (Å²) >= 11 is 0. The fraction of sp³-hybridized carbons (Fsp3) is 0.385. The van der Waals surface area contributed by atoms with E-state index in [0.717, 1.165) is 12.0 Å². The number of benzene rings is 1. The zero-order chi connectivity index (χ0) is 10.4. The lowest BCUT2D eigenvalue weighted by Gasteiger charge is -2.15. The molecule has 0 amide bonds. The summed E-state index contributed by atoms with van der Waals surface area (Å²) in [4.78, 5) is 0. The lowest BCUT2D eigenvalue weighted by Crippen LogP contribution is -2.12. The summed E-state index contributed by atoms with van der Waals surface area (Å²) in [6, 6.07) is 10.2. The third-order valence-electron chi connectivity index (χ3n) is 2.21. The molecule has 0 unspecified atom stereocenters. The van der Waals surface area contributed by atoms with Crippen molar-refractivity contribution in [3.8, 4) is 0 Å². The first kappa shape index (κ1) is 11.0. The van der Waals surface area contributed by atoms with Crippen molar-refractivity contribution in [2.75, 3.05) is 0 Å². The topological polar surface area (TPSA) is 9.23 Å². The maximum Gasteiger partial charge on any atom is 0.0781 e. The molecule has 0 aliphatic heterocycles. The van der Waals surface area contributed by atoms with Crippen LogP contribution in [0, 0.1) is 0 Å². The minimum absolute atomic E-state index is 0.190. The Labute approximate surface area is 86.4 Å². The van der Waals surface area contributed by atoms with Crippen LogP contribution in [0.15, 0.2) is 42.5 Å². The van der Waals surface area contributed by atoms with E-state index in [9.17, 15) is 0 Å². The molecule has 0 spiro atoms. The summed E-state index contributed by atoms with van der Waals surface area (Å²) in [6.07, 6.45) is 1.18. The number of hydrogen-bond acceptors (Lipinski definition) is 1. The standard InChI is InChI=1S/C13H18O/c1-4-13(11(2)3)14-10-12-8-6-5-7-9-12/h5-9,13H,2,4,10H2,1,3H3/t13-/m0/s1. The minimum atomic E-state index is 0.190. The van der Waals surface area contributed by atoms with E-state index in [2.05, 4.69) is 25.6 Å². The molecule has 0 aromatic heterocycles. The van der Waals surface area contributed by atoms with Crippen molar-refractivity contribution < 1.29 is 4.74 Å². The Hall–Kier alpha value is -1.08. The summed E-state index contributed by atoms with van der Waals surface area (Å²) in [5.74, 6) is 0. The molecule has 0 aliphatic carbocycles. The molecule has 0 radical (unpaired) electrons. The Morgan fingerprint density at radius 2 is 2.00 bits per heavy atom. The van der Waals surface area contributed by atoms with Crippen LogP contribution in [-0.2, 0) is 11.3 Å². The second kappa shape index (κ2) is 5.61. The van der Waals surface area contributed by atoms with Crippen molar-refractivity contribution in [1.82, 2.24) is 0 Å². The Morgan fingerprint density at radius 3 is 2.50 bits per heavy atom. The molecule has 1 nitrogen and oxygen atoms in total. The Bertz CT molecular complexity index is 277. The van der Waals surface area contributed by atoms with Crippen LogP contribution in [0.3, 0.4) is 0 Å². The molecule has 1 heteroatoms. The lowest BCUT2D eigenvalue weighted by molar-refractivity contribution is 0.0624. The third kappa shape index (κ3) is 3.35. The molecule has 0 fully saturated rings. The minimum Gasteiger partial charge on any atom is -0.369 e. The van der Waals surface area contributed by atoms with E-state index in [1.807, 2.05) is 25.1 Å². The average molecular weight is 190 g/mol. The molecular weight excluding hydrogens is 172 g/mol. The van der Waals surface area contributed by atoms with E-state index in [1.165, 1.54) is 5.56 Å². The molecule has 0 saturated carbocycles. The number of rotatable bonds is 5. The summed E-state index contributed by atoms with van der Waals surface area (Å²) in [7, 11) is 0. The van der Waals surface area contributed by atoms with Gasteiger partial charge in [0.1, 0.15) is 0 Å². The summed E-state index contributed by atoms with van der Waals surface area (Å²) < 4.78 is 5.74. The Balaban J connectivity index is 2.44. The van der Waals surface area contributed by atoms with Crippen LogP contribution in [0.1, 0.15) is 25.8 Å². The monoisotopic (exact) mass is 190 g/mol. The van der Waals surface area contributed by atoms with E-state index in [4.69, 9.17) is 4.74 Å². The van der Waals surface area contributed by atoms with Gasteiger partial charge in [0.05, 0.1) is 12.7 Å². The van der Waals surface area contributed by atoms with Gasteiger partial charge in [-0.2, -0.15) is 0 Å². The predicted molar refractivity (Wildman–Crippen MR) is 60.1 cm³/mol. The quantitative estimate of drug-likeness (QED) is 0.645. The zero-order valence-corrected chi connectivity index (χ0v) is 8.99. The number of hydrogen-bond donors (Lipinski definition) is 0.